The second kappa shape index (κ2) is 6.53. The van der Waals surface area contributed by atoms with Gasteiger partial charge in [0.1, 0.15) is 11.1 Å². The minimum absolute atomic E-state index is 0.0460. The SMILES string of the molecule is CCCn1c(=O)n(Cc2csc([C@H]3CCCO3)n2)c2ccccc21. The minimum atomic E-state index is 0.0460. The largest absolute Gasteiger partial charge is 0.371 e. The Bertz CT molecular complexity index is 903. The first kappa shape index (κ1) is 15.6. The summed E-state index contributed by atoms with van der Waals surface area (Å²) in [6.45, 7) is 4.17. The number of imidazole rings is 1. The lowest BCUT2D eigenvalue weighted by Gasteiger charge is -2.04. The molecule has 126 valence electrons. The Morgan fingerprint density at radius 1 is 1.29 bits per heavy atom. The van der Waals surface area contributed by atoms with Gasteiger partial charge in [-0.2, -0.15) is 0 Å². The molecule has 0 unspecified atom stereocenters. The van der Waals surface area contributed by atoms with Crippen LogP contribution in [0.1, 0.15) is 43.0 Å². The molecule has 1 fully saturated rings. The van der Waals surface area contributed by atoms with Crippen LogP contribution >= 0.6 is 11.3 Å². The normalized spacial score (nSPS) is 17.8. The van der Waals surface area contributed by atoms with Crippen molar-refractivity contribution in [3.63, 3.8) is 0 Å². The lowest BCUT2D eigenvalue weighted by Crippen LogP contribution is -2.24. The van der Waals surface area contributed by atoms with Gasteiger partial charge in [0.05, 0.1) is 23.3 Å². The number of aromatic nitrogens is 3. The molecule has 6 heteroatoms. The predicted molar refractivity (Wildman–Crippen MR) is 95.6 cm³/mol. The molecule has 3 heterocycles. The molecule has 1 saturated heterocycles. The Balaban J connectivity index is 1.69. The van der Waals surface area contributed by atoms with E-state index in [1.807, 2.05) is 33.4 Å². The van der Waals surface area contributed by atoms with Gasteiger partial charge in [0.15, 0.2) is 0 Å². The molecule has 1 aliphatic heterocycles. The molecule has 4 rings (SSSR count). The van der Waals surface area contributed by atoms with Crippen LogP contribution in [0.25, 0.3) is 11.0 Å². The minimum Gasteiger partial charge on any atom is -0.371 e. The van der Waals surface area contributed by atoms with Crippen LogP contribution in [-0.4, -0.2) is 20.7 Å². The number of aryl methyl sites for hydroxylation is 1. The van der Waals surface area contributed by atoms with Crippen LogP contribution in [0.15, 0.2) is 34.4 Å². The molecule has 2 aromatic heterocycles. The van der Waals surface area contributed by atoms with Crippen molar-refractivity contribution in [3.8, 4) is 0 Å². The summed E-state index contributed by atoms with van der Waals surface area (Å²) in [6.07, 6.45) is 3.22. The fourth-order valence-electron chi connectivity index (χ4n) is 3.34. The van der Waals surface area contributed by atoms with Crippen molar-refractivity contribution in [3.05, 3.63) is 50.8 Å². The maximum atomic E-state index is 12.8. The van der Waals surface area contributed by atoms with E-state index in [-0.39, 0.29) is 11.8 Å². The van der Waals surface area contributed by atoms with Crippen molar-refractivity contribution in [2.45, 2.75) is 45.4 Å². The fraction of sp³-hybridized carbons (Fsp3) is 0.444. The van der Waals surface area contributed by atoms with Gasteiger partial charge >= 0.3 is 5.69 Å². The zero-order chi connectivity index (χ0) is 16.5. The predicted octanol–water partition coefficient (Wildman–Crippen LogP) is 3.57. The second-order valence-electron chi connectivity index (χ2n) is 6.19. The maximum absolute atomic E-state index is 12.8. The zero-order valence-electron chi connectivity index (χ0n) is 13.8. The van der Waals surface area contributed by atoms with Gasteiger partial charge in [0.2, 0.25) is 0 Å². The second-order valence-corrected chi connectivity index (χ2v) is 7.08. The summed E-state index contributed by atoms with van der Waals surface area (Å²) in [5, 5.41) is 3.09. The third-order valence-electron chi connectivity index (χ3n) is 4.47. The topological polar surface area (TPSA) is 49.0 Å². The molecule has 1 aliphatic rings. The Kier molecular flexibility index (Phi) is 4.24. The number of rotatable bonds is 5. The van der Waals surface area contributed by atoms with Crippen LogP contribution in [0.5, 0.6) is 0 Å². The van der Waals surface area contributed by atoms with Crippen LogP contribution in [0.4, 0.5) is 0 Å². The van der Waals surface area contributed by atoms with Crippen LogP contribution in [0, 0.1) is 0 Å². The summed E-state index contributed by atoms with van der Waals surface area (Å²) < 4.78 is 9.40. The first-order valence-corrected chi connectivity index (χ1v) is 9.40. The van der Waals surface area contributed by atoms with Crippen molar-refractivity contribution >= 4 is 22.4 Å². The van der Waals surface area contributed by atoms with Gasteiger partial charge in [-0.25, -0.2) is 9.78 Å². The van der Waals surface area contributed by atoms with E-state index in [9.17, 15) is 4.79 Å². The molecule has 3 aromatic rings. The molecule has 0 spiro atoms. The van der Waals surface area contributed by atoms with E-state index in [1.54, 1.807) is 11.3 Å². The lowest BCUT2D eigenvalue weighted by molar-refractivity contribution is 0.111. The summed E-state index contributed by atoms with van der Waals surface area (Å²) >= 11 is 1.64. The molecule has 0 radical (unpaired) electrons. The molecule has 5 nitrogen and oxygen atoms in total. The summed E-state index contributed by atoms with van der Waals surface area (Å²) in [4.78, 5) is 17.5. The smallest absolute Gasteiger partial charge is 0.329 e. The summed E-state index contributed by atoms with van der Waals surface area (Å²) in [7, 11) is 0. The third-order valence-corrected chi connectivity index (χ3v) is 5.45. The summed E-state index contributed by atoms with van der Waals surface area (Å²) in [5.41, 5.74) is 2.96. The van der Waals surface area contributed by atoms with E-state index in [1.165, 1.54) is 0 Å². The number of benzene rings is 1. The molecule has 24 heavy (non-hydrogen) atoms. The number of hydrogen-bond acceptors (Lipinski definition) is 4. The Labute approximate surface area is 144 Å². The average molecular weight is 343 g/mol. The summed E-state index contributed by atoms with van der Waals surface area (Å²) in [5.74, 6) is 0. The number of ether oxygens (including phenoxy) is 1. The number of nitrogens with zero attached hydrogens (tertiary/aromatic N) is 3. The van der Waals surface area contributed by atoms with Gasteiger partial charge in [-0.3, -0.25) is 9.13 Å². The molecule has 0 bridgehead atoms. The fourth-order valence-corrected chi connectivity index (χ4v) is 4.23. The van der Waals surface area contributed by atoms with Crippen molar-refractivity contribution in [2.24, 2.45) is 0 Å². The molecule has 1 atom stereocenters. The molecule has 1 aromatic carbocycles. The van der Waals surface area contributed by atoms with Crippen molar-refractivity contribution in [2.75, 3.05) is 6.61 Å². The number of fused-ring (bicyclic) bond motifs is 1. The maximum Gasteiger partial charge on any atom is 0.329 e. The highest BCUT2D eigenvalue weighted by molar-refractivity contribution is 7.09. The zero-order valence-corrected chi connectivity index (χ0v) is 14.6. The lowest BCUT2D eigenvalue weighted by atomic mass is 10.2. The van der Waals surface area contributed by atoms with Crippen molar-refractivity contribution in [1.82, 2.24) is 14.1 Å². The Morgan fingerprint density at radius 3 is 2.79 bits per heavy atom. The van der Waals surface area contributed by atoms with E-state index in [0.717, 1.165) is 54.1 Å². The van der Waals surface area contributed by atoms with E-state index in [4.69, 9.17) is 9.72 Å². The van der Waals surface area contributed by atoms with Crippen molar-refractivity contribution in [1.29, 1.82) is 0 Å². The van der Waals surface area contributed by atoms with Crippen LogP contribution < -0.4 is 5.69 Å². The van der Waals surface area contributed by atoms with Crippen molar-refractivity contribution < 1.29 is 4.74 Å². The highest BCUT2D eigenvalue weighted by Crippen LogP contribution is 2.30. The first-order chi connectivity index (χ1) is 11.8. The first-order valence-electron chi connectivity index (χ1n) is 8.52. The van der Waals surface area contributed by atoms with Gasteiger partial charge in [0, 0.05) is 18.5 Å². The van der Waals surface area contributed by atoms with Gasteiger partial charge in [-0.05, 0) is 31.4 Å². The van der Waals surface area contributed by atoms with Gasteiger partial charge in [-0.15, -0.1) is 11.3 Å². The Morgan fingerprint density at radius 2 is 2.08 bits per heavy atom. The van der Waals surface area contributed by atoms with E-state index >= 15 is 0 Å². The Hall–Kier alpha value is -1.92. The van der Waals surface area contributed by atoms with Gasteiger partial charge in [-0.1, -0.05) is 19.1 Å². The highest BCUT2D eigenvalue weighted by Gasteiger charge is 2.21. The monoisotopic (exact) mass is 343 g/mol. The van der Waals surface area contributed by atoms with E-state index < -0.39 is 0 Å². The molecule has 0 aliphatic carbocycles. The molecule has 0 amide bonds. The quantitative estimate of drug-likeness (QED) is 0.711. The average Bonchev–Trinajstić information content (AvgIpc) is 3.32. The summed E-state index contributed by atoms with van der Waals surface area (Å²) in [6, 6.07) is 7.99. The molecular formula is C18H21N3O2S. The molecule has 0 N–H and O–H groups in total. The molecule has 0 saturated carbocycles. The van der Waals surface area contributed by atoms with Crippen LogP contribution in [0.2, 0.25) is 0 Å². The third kappa shape index (κ3) is 2.70. The van der Waals surface area contributed by atoms with Crippen LogP contribution in [-0.2, 0) is 17.8 Å². The number of hydrogen-bond donors (Lipinski definition) is 0. The van der Waals surface area contributed by atoms with Gasteiger partial charge in [0.25, 0.3) is 0 Å². The number of para-hydroxylation sites is 2. The van der Waals surface area contributed by atoms with E-state index in [2.05, 4.69) is 12.3 Å². The molecular weight excluding hydrogens is 322 g/mol. The standard InChI is InChI=1S/C18H21N3O2S/c1-2-9-20-14-6-3-4-7-15(14)21(18(20)22)11-13-12-24-17(19-13)16-8-5-10-23-16/h3-4,6-7,12,16H,2,5,8-11H2,1H3/t16-/m1/s1. The van der Waals surface area contributed by atoms with E-state index in [0.29, 0.717) is 6.54 Å². The highest BCUT2D eigenvalue weighted by atomic mass is 32.1. The van der Waals surface area contributed by atoms with Gasteiger partial charge < -0.3 is 4.74 Å². The van der Waals surface area contributed by atoms with Crippen LogP contribution in [0.3, 0.4) is 0 Å². The number of thiazole rings is 1.